The van der Waals surface area contributed by atoms with Crippen LogP contribution in [0, 0.1) is 13.8 Å². The molecule has 2 aromatic rings. The third kappa shape index (κ3) is 2.90. The average molecular weight is 281 g/mol. The van der Waals surface area contributed by atoms with Crippen LogP contribution >= 0.6 is 0 Å². The minimum Gasteiger partial charge on any atom is -0.508 e. The second kappa shape index (κ2) is 5.80. The lowest BCUT2D eigenvalue weighted by Gasteiger charge is -2.22. The van der Waals surface area contributed by atoms with E-state index in [1.807, 2.05) is 19.9 Å². The van der Waals surface area contributed by atoms with Crippen molar-refractivity contribution >= 4 is 5.69 Å². The van der Waals surface area contributed by atoms with Gasteiger partial charge in [-0.15, -0.1) is 0 Å². The molecule has 0 spiro atoms. The number of aryl methyl sites for hydroxylation is 3. The van der Waals surface area contributed by atoms with Crippen molar-refractivity contribution in [2.75, 3.05) is 5.32 Å². The summed E-state index contributed by atoms with van der Waals surface area (Å²) < 4.78 is 0. The van der Waals surface area contributed by atoms with E-state index < -0.39 is 0 Å². The third-order valence-electron chi connectivity index (χ3n) is 4.49. The molecule has 0 aliphatic heterocycles. The van der Waals surface area contributed by atoms with Crippen LogP contribution in [0.1, 0.15) is 47.6 Å². The maximum Gasteiger partial charge on any atom is 0.118 e. The fourth-order valence-electron chi connectivity index (χ4n) is 3.22. The second-order valence-electron chi connectivity index (χ2n) is 6.10. The van der Waals surface area contributed by atoms with E-state index in [0.29, 0.717) is 11.8 Å². The lowest BCUT2D eigenvalue weighted by Crippen LogP contribution is -2.12. The van der Waals surface area contributed by atoms with E-state index in [1.54, 1.807) is 0 Å². The summed E-state index contributed by atoms with van der Waals surface area (Å²) in [6, 6.07) is 13.0. The quantitative estimate of drug-likeness (QED) is 0.607. The van der Waals surface area contributed by atoms with Gasteiger partial charge in [0.15, 0.2) is 0 Å². The predicted molar refractivity (Wildman–Crippen MR) is 87.9 cm³/mol. The van der Waals surface area contributed by atoms with Crippen LogP contribution in [0.2, 0.25) is 0 Å². The van der Waals surface area contributed by atoms with Crippen molar-refractivity contribution in [2.24, 2.45) is 0 Å². The van der Waals surface area contributed by atoms with E-state index >= 15 is 0 Å². The molecule has 0 saturated carbocycles. The lowest BCUT2D eigenvalue weighted by atomic mass is 9.98. The van der Waals surface area contributed by atoms with Gasteiger partial charge in [0, 0.05) is 5.69 Å². The molecule has 2 nitrogen and oxygen atoms in total. The van der Waals surface area contributed by atoms with Crippen LogP contribution in [0.25, 0.3) is 0 Å². The van der Waals surface area contributed by atoms with Gasteiger partial charge in [-0.25, -0.2) is 0 Å². The van der Waals surface area contributed by atoms with E-state index in [2.05, 4.69) is 35.6 Å². The zero-order valence-electron chi connectivity index (χ0n) is 12.8. The van der Waals surface area contributed by atoms with Crippen molar-refractivity contribution < 1.29 is 5.11 Å². The highest BCUT2D eigenvalue weighted by molar-refractivity contribution is 5.58. The van der Waals surface area contributed by atoms with Gasteiger partial charge in [0.1, 0.15) is 5.75 Å². The molecule has 21 heavy (non-hydrogen) atoms. The van der Waals surface area contributed by atoms with Gasteiger partial charge in [-0.3, -0.25) is 0 Å². The first-order valence-electron chi connectivity index (χ1n) is 7.79. The molecule has 1 atom stereocenters. The highest BCUT2D eigenvalue weighted by atomic mass is 16.3. The summed E-state index contributed by atoms with van der Waals surface area (Å²) in [6.45, 7) is 3.99. The Balaban J connectivity index is 1.93. The Hall–Kier alpha value is -1.96. The van der Waals surface area contributed by atoms with Crippen molar-refractivity contribution in [1.29, 1.82) is 0 Å². The molecule has 0 fully saturated rings. The molecule has 110 valence electrons. The van der Waals surface area contributed by atoms with E-state index in [0.717, 1.165) is 23.2 Å². The first kappa shape index (κ1) is 14.0. The summed E-state index contributed by atoms with van der Waals surface area (Å²) >= 11 is 0. The van der Waals surface area contributed by atoms with E-state index in [1.165, 1.54) is 30.4 Å². The summed E-state index contributed by atoms with van der Waals surface area (Å²) in [6.07, 6.45) is 4.86. The van der Waals surface area contributed by atoms with Crippen LogP contribution in [-0.4, -0.2) is 5.11 Å². The number of aromatic hydroxyl groups is 1. The number of benzene rings is 2. The third-order valence-corrected chi connectivity index (χ3v) is 4.49. The minimum absolute atomic E-state index is 0.367. The van der Waals surface area contributed by atoms with Crippen LogP contribution in [0.15, 0.2) is 36.4 Å². The van der Waals surface area contributed by atoms with E-state index in [4.69, 9.17) is 0 Å². The van der Waals surface area contributed by atoms with Gasteiger partial charge in [0.05, 0.1) is 6.04 Å². The molecule has 0 saturated heterocycles. The molecular weight excluding hydrogens is 258 g/mol. The second-order valence-corrected chi connectivity index (χ2v) is 6.10. The maximum absolute atomic E-state index is 9.81. The molecule has 3 rings (SSSR count). The molecule has 2 N–H and O–H groups in total. The van der Waals surface area contributed by atoms with Crippen LogP contribution < -0.4 is 5.32 Å². The summed E-state index contributed by atoms with van der Waals surface area (Å²) in [5.74, 6) is 0.374. The van der Waals surface area contributed by atoms with Crippen LogP contribution in [0.3, 0.4) is 0 Å². The van der Waals surface area contributed by atoms with Crippen molar-refractivity contribution in [1.82, 2.24) is 0 Å². The topological polar surface area (TPSA) is 32.3 Å². The smallest absolute Gasteiger partial charge is 0.118 e. The molecule has 2 aromatic carbocycles. The van der Waals surface area contributed by atoms with E-state index in [9.17, 15) is 5.11 Å². The number of rotatable bonds is 2. The molecule has 1 unspecified atom stereocenters. The van der Waals surface area contributed by atoms with Crippen molar-refractivity contribution in [3.8, 4) is 5.75 Å². The number of anilines is 1. The Kier molecular flexibility index (Phi) is 3.87. The molecule has 1 aliphatic rings. The monoisotopic (exact) mass is 281 g/mol. The maximum atomic E-state index is 9.81. The minimum atomic E-state index is 0.367. The Morgan fingerprint density at radius 3 is 2.71 bits per heavy atom. The summed E-state index contributed by atoms with van der Waals surface area (Å²) in [5.41, 5.74) is 6.05. The van der Waals surface area contributed by atoms with Gasteiger partial charge in [0.25, 0.3) is 0 Å². The fraction of sp³-hybridized carbons (Fsp3) is 0.368. The van der Waals surface area contributed by atoms with Gasteiger partial charge in [0.2, 0.25) is 0 Å². The van der Waals surface area contributed by atoms with Crippen LogP contribution in [0.5, 0.6) is 5.75 Å². The SMILES string of the molecule is Cc1cc(NC2CCCCc3ccccc32)c(C)cc1O. The van der Waals surface area contributed by atoms with Gasteiger partial charge in [-0.05, 0) is 67.5 Å². The highest BCUT2D eigenvalue weighted by Crippen LogP contribution is 2.34. The van der Waals surface area contributed by atoms with E-state index in [-0.39, 0.29) is 0 Å². The standard InChI is InChI=1S/C19H23NO/c1-13-12-19(21)14(2)11-18(13)20-17-10-6-4-8-15-7-3-5-9-16(15)17/h3,5,7,9,11-12,17,20-21H,4,6,8,10H2,1-2H3. The zero-order chi connectivity index (χ0) is 14.8. The zero-order valence-corrected chi connectivity index (χ0v) is 12.8. The number of hydrogen-bond donors (Lipinski definition) is 2. The summed E-state index contributed by atoms with van der Waals surface area (Å²) in [7, 11) is 0. The van der Waals surface area contributed by atoms with Gasteiger partial charge in [-0.2, -0.15) is 0 Å². The van der Waals surface area contributed by atoms with Crippen LogP contribution in [0.4, 0.5) is 5.69 Å². The number of phenolic OH excluding ortho intramolecular Hbond substituents is 1. The molecule has 1 aliphatic carbocycles. The molecule has 0 heterocycles. The number of phenols is 1. The predicted octanol–water partition coefficient (Wildman–Crippen LogP) is 4.89. The number of hydrogen-bond acceptors (Lipinski definition) is 2. The first-order chi connectivity index (χ1) is 10.1. The number of fused-ring (bicyclic) bond motifs is 1. The van der Waals surface area contributed by atoms with Gasteiger partial charge < -0.3 is 10.4 Å². The Labute approximate surface area is 126 Å². The Bertz CT molecular complexity index is 648. The van der Waals surface area contributed by atoms with Crippen molar-refractivity contribution in [3.63, 3.8) is 0 Å². The van der Waals surface area contributed by atoms with Gasteiger partial charge in [-0.1, -0.05) is 30.7 Å². The summed E-state index contributed by atoms with van der Waals surface area (Å²) in [4.78, 5) is 0. The molecule has 0 bridgehead atoms. The average Bonchev–Trinajstić information content (AvgIpc) is 2.67. The van der Waals surface area contributed by atoms with Crippen molar-refractivity contribution in [3.05, 3.63) is 58.7 Å². The lowest BCUT2D eigenvalue weighted by molar-refractivity contribution is 0.470. The Morgan fingerprint density at radius 1 is 1.05 bits per heavy atom. The van der Waals surface area contributed by atoms with Gasteiger partial charge >= 0.3 is 0 Å². The molecule has 2 heteroatoms. The Morgan fingerprint density at radius 2 is 1.86 bits per heavy atom. The first-order valence-corrected chi connectivity index (χ1v) is 7.79. The molecular formula is C19H23NO. The molecule has 0 aromatic heterocycles. The fourth-order valence-corrected chi connectivity index (χ4v) is 3.22. The normalized spacial score (nSPS) is 17.9. The molecule has 0 radical (unpaired) electrons. The largest absolute Gasteiger partial charge is 0.508 e. The van der Waals surface area contributed by atoms with Crippen molar-refractivity contribution in [2.45, 2.75) is 45.6 Å². The number of nitrogens with one attached hydrogen (secondary N) is 1. The highest BCUT2D eigenvalue weighted by Gasteiger charge is 2.18. The van der Waals surface area contributed by atoms with Crippen LogP contribution in [-0.2, 0) is 6.42 Å². The molecule has 0 amide bonds. The summed E-state index contributed by atoms with van der Waals surface area (Å²) in [5, 5.41) is 13.5.